The lowest BCUT2D eigenvalue weighted by atomic mass is 9.97. The summed E-state index contributed by atoms with van der Waals surface area (Å²) in [6, 6.07) is 30.0. The average molecular weight is 323 g/mol. The maximum atomic E-state index is 3.60. The summed E-state index contributed by atoms with van der Waals surface area (Å²) in [7, 11) is 0. The van der Waals surface area contributed by atoms with Gasteiger partial charge in [0.15, 0.2) is 0 Å². The van der Waals surface area contributed by atoms with Gasteiger partial charge < -0.3 is 5.32 Å². The van der Waals surface area contributed by atoms with Crippen molar-refractivity contribution in [2.45, 2.75) is 12.5 Å². The summed E-state index contributed by atoms with van der Waals surface area (Å²) < 4.78 is 0. The lowest BCUT2D eigenvalue weighted by Gasteiger charge is -2.19. The van der Waals surface area contributed by atoms with Gasteiger partial charge in [-0.25, -0.2) is 0 Å². The van der Waals surface area contributed by atoms with Crippen LogP contribution in [0.15, 0.2) is 103 Å². The monoisotopic (exact) mass is 323 g/mol. The highest BCUT2D eigenvalue weighted by Crippen LogP contribution is 2.25. The van der Waals surface area contributed by atoms with Crippen molar-refractivity contribution in [1.82, 2.24) is 0 Å². The largest absolute Gasteiger partial charge is 0.379 e. The number of allylic oxidation sites excluding steroid dienone is 2. The molecular weight excluding hydrogens is 302 g/mol. The quantitative estimate of drug-likeness (QED) is 0.604. The molecule has 0 fully saturated rings. The SMILES string of the molecule is C1=CC(Nc2ccc(-c3ccccc3)cc2)CC=C1c1ccccc1. The molecule has 1 nitrogen and oxygen atoms in total. The van der Waals surface area contributed by atoms with E-state index in [0.29, 0.717) is 6.04 Å². The summed E-state index contributed by atoms with van der Waals surface area (Å²) in [4.78, 5) is 0. The lowest BCUT2D eigenvalue weighted by molar-refractivity contribution is 0.886. The van der Waals surface area contributed by atoms with E-state index in [1.807, 2.05) is 6.07 Å². The van der Waals surface area contributed by atoms with E-state index in [1.54, 1.807) is 0 Å². The summed E-state index contributed by atoms with van der Waals surface area (Å²) >= 11 is 0. The number of hydrogen-bond donors (Lipinski definition) is 1. The van der Waals surface area contributed by atoms with Gasteiger partial charge in [-0.1, -0.05) is 91.0 Å². The van der Waals surface area contributed by atoms with E-state index in [-0.39, 0.29) is 0 Å². The molecular formula is C24H21N. The number of benzene rings is 3. The number of rotatable bonds is 4. The van der Waals surface area contributed by atoms with E-state index in [9.17, 15) is 0 Å². The highest BCUT2D eigenvalue weighted by Gasteiger charge is 2.09. The van der Waals surface area contributed by atoms with Gasteiger partial charge >= 0.3 is 0 Å². The van der Waals surface area contributed by atoms with Gasteiger partial charge in [0.05, 0.1) is 0 Å². The maximum absolute atomic E-state index is 3.60. The van der Waals surface area contributed by atoms with E-state index >= 15 is 0 Å². The summed E-state index contributed by atoms with van der Waals surface area (Å²) in [6.07, 6.45) is 7.79. The summed E-state index contributed by atoms with van der Waals surface area (Å²) in [5, 5.41) is 3.60. The highest BCUT2D eigenvalue weighted by atomic mass is 14.9. The molecule has 1 aliphatic rings. The second kappa shape index (κ2) is 7.23. The molecule has 0 aliphatic heterocycles. The molecule has 25 heavy (non-hydrogen) atoms. The third-order valence-electron chi connectivity index (χ3n) is 4.55. The van der Waals surface area contributed by atoms with Crippen LogP contribution in [0.4, 0.5) is 5.69 Å². The van der Waals surface area contributed by atoms with E-state index in [2.05, 4.69) is 102 Å². The summed E-state index contributed by atoms with van der Waals surface area (Å²) in [5.74, 6) is 0. The van der Waals surface area contributed by atoms with Gasteiger partial charge in [0.25, 0.3) is 0 Å². The van der Waals surface area contributed by atoms with Crippen molar-refractivity contribution in [1.29, 1.82) is 0 Å². The van der Waals surface area contributed by atoms with Gasteiger partial charge in [-0.2, -0.15) is 0 Å². The second-order valence-corrected chi connectivity index (χ2v) is 6.31. The average Bonchev–Trinajstić information content (AvgIpc) is 2.71. The molecule has 3 aromatic rings. The van der Waals surface area contributed by atoms with Crippen molar-refractivity contribution in [2.24, 2.45) is 0 Å². The molecule has 0 saturated heterocycles. The zero-order valence-corrected chi connectivity index (χ0v) is 14.1. The Balaban J connectivity index is 1.41. The molecule has 1 unspecified atom stereocenters. The molecule has 0 aromatic heterocycles. The molecule has 0 amide bonds. The van der Waals surface area contributed by atoms with E-state index in [0.717, 1.165) is 12.1 Å². The van der Waals surface area contributed by atoms with Crippen LogP contribution in [0.1, 0.15) is 12.0 Å². The second-order valence-electron chi connectivity index (χ2n) is 6.31. The normalized spacial score (nSPS) is 16.3. The number of anilines is 1. The van der Waals surface area contributed by atoms with E-state index in [4.69, 9.17) is 0 Å². The highest BCUT2D eigenvalue weighted by molar-refractivity contribution is 5.75. The summed E-state index contributed by atoms with van der Waals surface area (Å²) in [5.41, 5.74) is 6.24. The Bertz CT molecular complexity index is 874. The lowest BCUT2D eigenvalue weighted by Crippen LogP contribution is -2.17. The molecule has 1 atom stereocenters. The topological polar surface area (TPSA) is 12.0 Å². The Hall–Kier alpha value is -3.06. The molecule has 0 radical (unpaired) electrons. The third kappa shape index (κ3) is 3.72. The van der Waals surface area contributed by atoms with Crippen molar-refractivity contribution in [3.8, 4) is 11.1 Å². The molecule has 0 saturated carbocycles. The van der Waals surface area contributed by atoms with Crippen molar-refractivity contribution >= 4 is 11.3 Å². The minimum Gasteiger partial charge on any atom is -0.379 e. The van der Waals surface area contributed by atoms with Crippen LogP contribution < -0.4 is 5.32 Å². The first-order chi connectivity index (χ1) is 12.4. The first kappa shape index (κ1) is 15.5. The van der Waals surface area contributed by atoms with E-state index in [1.165, 1.54) is 22.3 Å². The van der Waals surface area contributed by atoms with Gasteiger partial charge in [-0.05, 0) is 40.8 Å². The van der Waals surface area contributed by atoms with Crippen molar-refractivity contribution in [3.63, 3.8) is 0 Å². The van der Waals surface area contributed by atoms with E-state index < -0.39 is 0 Å². The van der Waals surface area contributed by atoms with Crippen molar-refractivity contribution in [3.05, 3.63) is 109 Å². The van der Waals surface area contributed by atoms with Crippen LogP contribution in [0.5, 0.6) is 0 Å². The Kier molecular flexibility index (Phi) is 4.47. The Morgan fingerprint density at radius 3 is 1.84 bits per heavy atom. The fraction of sp³-hybridized carbons (Fsp3) is 0.0833. The Labute approximate surface area is 149 Å². The molecule has 0 heterocycles. The van der Waals surface area contributed by atoms with Gasteiger partial charge in [-0.15, -0.1) is 0 Å². The number of hydrogen-bond acceptors (Lipinski definition) is 1. The van der Waals surface area contributed by atoms with Crippen LogP contribution in [0.2, 0.25) is 0 Å². The third-order valence-corrected chi connectivity index (χ3v) is 4.55. The first-order valence-electron chi connectivity index (χ1n) is 8.74. The zero-order valence-electron chi connectivity index (χ0n) is 14.1. The van der Waals surface area contributed by atoms with Crippen LogP contribution in [0, 0.1) is 0 Å². The minimum atomic E-state index is 0.343. The Morgan fingerprint density at radius 1 is 0.640 bits per heavy atom. The molecule has 0 bridgehead atoms. The predicted molar refractivity (Wildman–Crippen MR) is 107 cm³/mol. The van der Waals surface area contributed by atoms with Crippen molar-refractivity contribution < 1.29 is 0 Å². The van der Waals surface area contributed by atoms with Gasteiger partial charge in [0, 0.05) is 11.7 Å². The smallest absolute Gasteiger partial charge is 0.0482 e. The van der Waals surface area contributed by atoms with Crippen LogP contribution in [-0.4, -0.2) is 6.04 Å². The fourth-order valence-electron chi connectivity index (χ4n) is 3.18. The molecule has 122 valence electrons. The van der Waals surface area contributed by atoms with Gasteiger partial charge in [0.1, 0.15) is 0 Å². The maximum Gasteiger partial charge on any atom is 0.0482 e. The molecule has 3 aromatic carbocycles. The van der Waals surface area contributed by atoms with Crippen LogP contribution in [0.25, 0.3) is 16.7 Å². The number of nitrogens with one attached hydrogen (secondary N) is 1. The summed E-state index contributed by atoms with van der Waals surface area (Å²) in [6.45, 7) is 0. The molecule has 0 spiro atoms. The van der Waals surface area contributed by atoms with Crippen LogP contribution in [-0.2, 0) is 0 Å². The zero-order chi connectivity index (χ0) is 16.9. The molecule has 1 N–H and O–H groups in total. The standard InChI is InChI=1S/C24H21N/c1-3-7-19(8-4-1)21-11-15-23(16-12-21)25-24-17-13-22(14-18-24)20-9-5-2-6-10-20/h1-17,24-25H,18H2. The van der Waals surface area contributed by atoms with Crippen LogP contribution in [0.3, 0.4) is 0 Å². The molecule has 1 heteroatoms. The molecule has 4 rings (SSSR count). The predicted octanol–water partition coefficient (Wildman–Crippen LogP) is 6.18. The van der Waals surface area contributed by atoms with Crippen LogP contribution >= 0.6 is 0 Å². The minimum absolute atomic E-state index is 0.343. The van der Waals surface area contributed by atoms with Crippen molar-refractivity contribution in [2.75, 3.05) is 5.32 Å². The fourth-order valence-corrected chi connectivity index (χ4v) is 3.18. The van der Waals surface area contributed by atoms with Gasteiger partial charge in [-0.3, -0.25) is 0 Å². The Morgan fingerprint density at radius 2 is 1.24 bits per heavy atom. The first-order valence-corrected chi connectivity index (χ1v) is 8.74. The molecule has 1 aliphatic carbocycles. The van der Waals surface area contributed by atoms with Gasteiger partial charge in [0.2, 0.25) is 0 Å².